The van der Waals surface area contributed by atoms with Gasteiger partial charge in [0.15, 0.2) is 0 Å². The number of aryl methyl sites for hydroxylation is 2. The quantitative estimate of drug-likeness (QED) is 0.726. The molecule has 0 aliphatic rings. The molecule has 2 amide bonds. The highest BCUT2D eigenvalue weighted by Gasteiger charge is 2.18. The van der Waals surface area contributed by atoms with Crippen molar-refractivity contribution in [2.75, 3.05) is 11.1 Å². The van der Waals surface area contributed by atoms with Gasteiger partial charge in [0.05, 0.1) is 0 Å². The van der Waals surface area contributed by atoms with Crippen LogP contribution in [0.2, 0.25) is 0 Å². The molecule has 0 saturated carbocycles. The standard InChI is InChI=1S/C13H18N2O2S/c1-8-4-5-9(2)11(6-8)15-13(17)12(7-18)14-10(3)16/h4-6,12,18H,7H2,1-3H3,(H,14,16)(H,15,17). The van der Waals surface area contributed by atoms with Gasteiger partial charge in [0.25, 0.3) is 0 Å². The molecule has 1 aromatic carbocycles. The summed E-state index contributed by atoms with van der Waals surface area (Å²) in [5.41, 5.74) is 2.81. The van der Waals surface area contributed by atoms with Gasteiger partial charge in [0.2, 0.25) is 11.8 Å². The highest BCUT2D eigenvalue weighted by atomic mass is 32.1. The maximum absolute atomic E-state index is 12.0. The Morgan fingerprint density at radius 3 is 2.56 bits per heavy atom. The zero-order chi connectivity index (χ0) is 13.7. The van der Waals surface area contributed by atoms with Gasteiger partial charge in [-0.25, -0.2) is 0 Å². The highest BCUT2D eigenvalue weighted by Crippen LogP contribution is 2.16. The van der Waals surface area contributed by atoms with Gasteiger partial charge in [0, 0.05) is 18.4 Å². The summed E-state index contributed by atoms with van der Waals surface area (Å²) in [7, 11) is 0. The van der Waals surface area contributed by atoms with Crippen LogP contribution in [0.3, 0.4) is 0 Å². The minimum atomic E-state index is -0.620. The molecule has 0 radical (unpaired) electrons. The molecule has 0 heterocycles. The van der Waals surface area contributed by atoms with Gasteiger partial charge in [0.1, 0.15) is 6.04 Å². The monoisotopic (exact) mass is 266 g/mol. The first kappa shape index (κ1) is 14.6. The van der Waals surface area contributed by atoms with E-state index in [1.807, 2.05) is 32.0 Å². The molecule has 0 saturated heterocycles. The van der Waals surface area contributed by atoms with Crippen LogP contribution in [0.15, 0.2) is 18.2 Å². The van der Waals surface area contributed by atoms with Crippen LogP contribution in [-0.4, -0.2) is 23.6 Å². The van der Waals surface area contributed by atoms with Gasteiger partial charge >= 0.3 is 0 Å². The summed E-state index contributed by atoms with van der Waals surface area (Å²) in [4.78, 5) is 22.9. The lowest BCUT2D eigenvalue weighted by molar-refractivity contribution is -0.124. The molecule has 1 atom stereocenters. The molecular formula is C13H18N2O2S. The Balaban J connectivity index is 2.79. The van der Waals surface area contributed by atoms with Crippen molar-refractivity contribution in [3.8, 4) is 0 Å². The lowest BCUT2D eigenvalue weighted by atomic mass is 10.1. The van der Waals surface area contributed by atoms with Crippen molar-refractivity contribution in [2.45, 2.75) is 26.8 Å². The number of thiol groups is 1. The van der Waals surface area contributed by atoms with E-state index in [1.54, 1.807) is 0 Å². The van der Waals surface area contributed by atoms with Gasteiger partial charge in [-0.05, 0) is 31.0 Å². The minimum Gasteiger partial charge on any atom is -0.344 e. The lowest BCUT2D eigenvalue weighted by Gasteiger charge is -2.16. The van der Waals surface area contributed by atoms with E-state index < -0.39 is 6.04 Å². The van der Waals surface area contributed by atoms with Crippen LogP contribution >= 0.6 is 12.6 Å². The first-order valence-electron chi connectivity index (χ1n) is 5.70. The maximum atomic E-state index is 12.0. The molecule has 0 bridgehead atoms. The van der Waals surface area contributed by atoms with Crippen LogP contribution in [0.4, 0.5) is 5.69 Å². The molecule has 5 heteroatoms. The molecule has 2 N–H and O–H groups in total. The molecule has 18 heavy (non-hydrogen) atoms. The number of hydrogen-bond acceptors (Lipinski definition) is 3. The van der Waals surface area contributed by atoms with Crippen LogP contribution in [-0.2, 0) is 9.59 Å². The Kier molecular flexibility index (Phi) is 5.22. The molecule has 0 aliphatic heterocycles. The second kappa shape index (κ2) is 6.44. The fourth-order valence-corrected chi connectivity index (χ4v) is 1.79. The molecule has 98 valence electrons. The number of nitrogens with one attached hydrogen (secondary N) is 2. The third-order valence-corrected chi connectivity index (χ3v) is 2.89. The second-order valence-electron chi connectivity index (χ2n) is 4.24. The topological polar surface area (TPSA) is 58.2 Å². The van der Waals surface area contributed by atoms with Crippen LogP contribution in [0.5, 0.6) is 0 Å². The number of rotatable bonds is 4. The van der Waals surface area contributed by atoms with Crippen LogP contribution < -0.4 is 10.6 Å². The summed E-state index contributed by atoms with van der Waals surface area (Å²) < 4.78 is 0. The van der Waals surface area contributed by atoms with E-state index in [4.69, 9.17) is 0 Å². The second-order valence-corrected chi connectivity index (χ2v) is 4.61. The van der Waals surface area contributed by atoms with Gasteiger partial charge in [-0.3, -0.25) is 9.59 Å². The van der Waals surface area contributed by atoms with E-state index in [9.17, 15) is 9.59 Å². The van der Waals surface area contributed by atoms with Gasteiger partial charge in [-0.2, -0.15) is 12.6 Å². The predicted octanol–water partition coefficient (Wildman–Crippen LogP) is 1.68. The van der Waals surface area contributed by atoms with E-state index in [-0.39, 0.29) is 17.6 Å². The largest absolute Gasteiger partial charge is 0.344 e. The SMILES string of the molecule is CC(=O)NC(CS)C(=O)Nc1cc(C)ccc1C. The highest BCUT2D eigenvalue weighted by molar-refractivity contribution is 7.80. The van der Waals surface area contributed by atoms with E-state index in [2.05, 4.69) is 23.3 Å². The van der Waals surface area contributed by atoms with Crippen LogP contribution in [0.1, 0.15) is 18.1 Å². The first-order valence-corrected chi connectivity index (χ1v) is 6.33. The summed E-state index contributed by atoms with van der Waals surface area (Å²) >= 11 is 4.07. The zero-order valence-corrected chi connectivity index (χ0v) is 11.7. The van der Waals surface area contributed by atoms with E-state index in [1.165, 1.54) is 6.92 Å². The lowest BCUT2D eigenvalue weighted by Crippen LogP contribution is -2.44. The van der Waals surface area contributed by atoms with Gasteiger partial charge in [-0.15, -0.1) is 0 Å². The average Bonchev–Trinajstić information content (AvgIpc) is 2.30. The van der Waals surface area contributed by atoms with Crippen molar-refractivity contribution in [1.29, 1.82) is 0 Å². The molecule has 1 unspecified atom stereocenters. The molecule has 0 spiro atoms. The molecular weight excluding hydrogens is 248 g/mol. The number of benzene rings is 1. The number of carbonyl (C=O) groups excluding carboxylic acids is 2. The van der Waals surface area contributed by atoms with E-state index >= 15 is 0 Å². The Hall–Kier alpha value is -1.49. The predicted molar refractivity (Wildman–Crippen MR) is 76.0 cm³/mol. The van der Waals surface area contributed by atoms with Gasteiger partial charge < -0.3 is 10.6 Å². The minimum absolute atomic E-state index is 0.245. The van der Waals surface area contributed by atoms with Crippen molar-refractivity contribution in [3.63, 3.8) is 0 Å². The van der Waals surface area contributed by atoms with Crippen molar-refractivity contribution in [1.82, 2.24) is 5.32 Å². The number of anilines is 1. The number of hydrogen-bond donors (Lipinski definition) is 3. The van der Waals surface area contributed by atoms with Crippen molar-refractivity contribution >= 4 is 30.1 Å². The van der Waals surface area contributed by atoms with Gasteiger partial charge in [-0.1, -0.05) is 12.1 Å². The van der Waals surface area contributed by atoms with Crippen molar-refractivity contribution in [3.05, 3.63) is 29.3 Å². The molecule has 0 fully saturated rings. The van der Waals surface area contributed by atoms with E-state index in [0.29, 0.717) is 0 Å². The number of carbonyl (C=O) groups is 2. The molecule has 0 aliphatic carbocycles. The molecule has 1 rings (SSSR count). The number of amides is 2. The van der Waals surface area contributed by atoms with Crippen molar-refractivity contribution in [2.24, 2.45) is 0 Å². The third kappa shape index (κ3) is 4.07. The first-order chi connectivity index (χ1) is 8.43. The summed E-state index contributed by atoms with van der Waals surface area (Å²) in [6.07, 6.45) is 0. The molecule has 1 aromatic rings. The Bertz CT molecular complexity index is 460. The van der Waals surface area contributed by atoms with Crippen LogP contribution in [0.25, 0.3) is 0 Å². The summed E-state index contributed by atoms with van der Waals surface area (Å²) in [6.45, 7) is 5.25. The molecule has 4 nitrogen and oxygen atoms in total. The maximum Gasteiger partial charge on any atom is 0.247 e. The van der Waals surface area contributed by atoms with Crippen molar-refractivity contribution < 1.29 is 9.59 Å². The summed E-state index contributed by atoms with van der Waals surface area (Å²) in [6, 6.07) is 5.20. The Morgan fingerprint density at radius 1 is 1.33 bits per heavy atom. The smallest absolute Gasteiger partial charge is 0.247 e. The van der Waals surface area contributed by atoms with Crippen LogP contribution in [0, 0.1) is 13.8 Å². The fourth-order valence-electron chi connectivity index (χ4n) is 1.53. The zero-order valence-electron chi connectivity index (χ0n) is 10.8. The Morgan fingerprint density at radius 2 is 2.00 bits per heavy atom. The average molecular weight is 266 g/mol. The fraction of sp³-hybridized carbons (Fsp3) is 0.385. The summed E-state index contributed by atoms with van der Waals surface area (Å²) in [5.74, 6) is -0.241. The third-order valence-electron chi connectivity index (χ3n) is 2.53. The Labute approximate surface area is 113 Å². The molecule has 0 aromatic heterocycles. The normalized spacial score (nSPS) is 11.8. The van der Waals surface area contributed by atoms with E-state index in [0.717, 1.165) is 16.8 Å². The summed E-state index contributed by atoms with van der Waals surface area (Å²) in [5, 5.41) is 5.36.